The van der Waals surface area contributed by atoms with Crippen molar-refractivity contribution in [2.24, 2.45) is 0 Å². The van der Waals surface area contributed by atoms with Crippen LogP contribution in [-0.2, 0) is 6.54 Å². The summed E-state index contributed by atoms with van der Waals surface area (Å²) in [7, 11) is 1.66. The summed E-state index contributed by atoms with van der Waals surface area (Å²) in [6.45, 7) is 0.368. The summed E-state index contributed by atoms with van der Waals surface area (Å²) in [5.41, 5.74) is 4.41. The van der Waals surface area contributed by atoms with Crippen molar-refractivity contribution in [3.8, 4) is 28.3 Å². The molecule has 0 saturated carbocycles. The first-order valence-corrected chi connectivity index (χ1v) is 10.6. The number of benzene rings is 3. The number of aromatic nitrogens is 3. The van der Waals surface area contributed by atoms with Gasteiger partial charge in [-0.3, -0.25) is 9.78 Å². The summed E-state index contributed by atoms with van der Waals surface area (Å²) >= 11 is 0. The van der Waals surface area contributed by atoms with E-state index in [9.17, 15) is 4.79 Å². The van der Waals surface area contributed by atoms with Gasteiger partial charge in [0.05, 0.1) is 7.11 Å². The van der Waals surface area contributed by atoms with Crippen LogP contribution >= 0.6 is 0 Å². The Kier molecular flexibility index (Phi) is 5.55. The number of fused-ring (bicyclic) bond motifs is 1. The summed E-state index contributed by atoms with van der Waals surface area (Å²) in [6.07, 6.45) is 5.25. The van der Waals surface area contributed by atoms with E-state index in [4.69, 9.17) is 4.74 Å². The van der Waals surface area contributed by atoms with E-state index in [0.717, 1.165) is 38.8 Å². The molecule has 0 aliphatic carbocycles. The second-order valence-electron chi connectivity index (χ2n) is 7.61. The lowest BCUT2D eigenvalue weighted by Crippen LogP contribution is -2.23. The average molecular weight is 434 g/mol. The molecule has 162 valence electrons. The Balaban J connectivity index is 1.39. The molecule has 0 bridgehead atoms. The molecule has 0 fully saturated rings. The van der Waals surface area contributed by atoms with Crippen LogP contribution in [0.15, 0.2) is 91.4 Å². The number of hydrogen-bond acceptors (Lipinski definition) is 4. The number of rotatable bonds is 6. The second-order valence-corrected chi connectivity index (χ2v) is 7.61. The van der Waals surface area contributed by atoms with Crippen molar-refractivity contribution in [1.29, 1.82) is 0 Å². The van der Waals surface area contributed by atoms with Gasteiger partial charge in [-0.05, 0) is 40.3 Å². The molecule has 33 heavy (non-hydrogen) atoms. The van der Waals surface area contributed by atoms with Gasteiger partial charge in [-0.15, -0.1) is 0 Å². The van der Waals surface area contributed by atoms with Gasteiger partial charge in [0, 0.05) is 36.1 Å². The van der Waals surface area contributed by atoms with E-state index < -0.39 is 0 Å². The van der Waals surface area contributed by atoms with E-state index in [2.05, 4.69) is 32.4 Å². The largest absolute Gasteiger partial charge is 0.497 e. The van der Waals surface area contributed by atoms with Gasteiger partial charge >= 0.3 is 0 Å². The molecule has 2 heterocycles. The lowest BCUT2D eigenvalue weighted by molar-refractivity contribution is 0.0946. The minimum atomic E-state index is -0.234. The Morgan fingerprint density at radius 3 is 2.67 bits per heavy atom. The van der Waals surface area contributed by atoms with Crippen LogP contribution in [-0.4, -0.2) is 28.0 Å². The van der Waals surface area contributed by atoms with Crippen molar-refractivity contribution < 1.29 is 9.53 Å². The maximum atomic E-state index is 12.7. The number of H-pyrrole nitrogens is 1. The third-order valence-electron chi connectivity index (χ3n) is 5.59. The molecule has 0 aliphatic heterocycles. The zero-order chi connectivity index (χ0) is 22.6. The van der Waals surface area contributed by atoms with E-state index in [1.54, 1.807) is 19.5 Å². The van der Waals surface area contributed by atoms with Gasteiger partial charge in [-0.2, -0.15) is 0 Å². The van der Waals surface area contributed by atoms with Crippen molar-refractivity contribution >= 4 is 16.7 Å². The standard InChI is InChI=1S/C27H22N4O2/c1-33-21-9-5-8-19(14-21)22-11-10-20(24-16-28-13-12-23(22)24)15-30-27(32)25-17-29-26(31-25)18-6-3-2-4-7-18/h2-14,16-17H,15H2,1H3,(H,29,31)(H,30,32). The van der Waals surface area contributed by atoms with Crippen LogP contribution in [0, 0.1) is 0 Å². The lowest BCUT2D eigenvalue weighted by Gasteiger charge is -2.12. The van der Waals surface area contributed by atoms with E-state index >= 15 is 0 Å². The zero-order valence-electron chi connectivity index (χ0n) is 18.1. The molecular weight excluding hydrogens is 412 g/mol. The molecule has 6 heteroatoms. The highest BCUT2D eigenvalue weighted by Crippen LogP contribution is 2.32. The van der Waals surface area contributed by atoms with Gasteiger partial charge in [-0.25, -0.2) is 4.98 Å². The third kappa shape index (κ3) is 4.19. The van der Waals surface area contributed by atoms with Gasteiger partial charge in [0.1, 0.15) is 17.3 Å². The monoisotopic (exact) mass is 434 g/mol. The number of carbonyl (C=O) groups excluding carboxylic acids is 1. The van der Waals surface area contributed by atoms with Crippen molar-refractivity contribution in [1.82, 2.24) is 20.3 Å². The Labute approximate surface area is 191 Å². The highest BCUT2D eigenvalue weighted by molar-refractivity contribution is 5.98. The number of pyridine rings is 1. The normalized spacial score (nSPS) is 10.8. The predicted molar refractivity (Wildman–Crippen MR) is 129 cm³/mol. The van der Waals surface area contributed by atoms with E-state index in [1.165, 1.54) is 0 Å². The number of carbonyl (C=O) groups is 1. The number of nitrogens with zero attached hydrogens (tertiary/aromatic N) is 2. The molecule has 0 aliphatic rings. The zero-order valence-corrected chi connectivity index (χ0v) is 18.1. The van der Waals surface area contributed by atoms with Crippen LogP contribution < -0.4 is 10.1 Å². The molecule has 6 nitrogen and oxygen atoms in total. The van der Waals surface area contributed by atoms with Crippen LogP contribution in [0.3, 0.4) is 0 Å². The van der Waals surface area contributed by atoms with Crippen molar-refractivity contribution in [2.75, 3.05) is 7.11 Å². The Morgan fingerprint density at radius 1 is 0.970 bits per heavy atom. The Morgan fingerprint density at radius 2 is 1.82 bits per heavy atom. The number of methoxy groups -OCH3 is 1. The minimum absolute atomic E-state index is 0.234. The van der Waals surface area contributed by atoms with E-state index in [0.29, 0.717) is 18.1 Å². The fraction of sp³-hybridized carbons (Fsp3) is 0.0741. The molecule has 0 atom stereocenters. The summed E-state index contributed by atoms with van der Waals surface area (Å²) in [5, 5.41) is 5.04. The van der Waals surface area contributed by atoms with Gasteiger partial charge in [0.15, 0.2) is 0 Å². The topological polar surface area (TPSA) is 79.9 Å². The molecule has 0 saturated heterocycles. The Hall–Kier alpha value is -4.45. The SMILES string of the molecule is COc1cccc(-c2ccc(CNC(=O)c3c[nH]c(-c4ccccc4)n3)c3cnccc23)c1. The Bertz CT molecular complexity index is 1430. The number of imidazole rings is 1. The first-order chi connectivity index (χ1) is 16.2. The molecule has 2 N–H and O–H groups in total. The first-order valence-electron chi connectivity index (χ1n) is 10.6. The highest BCUT2D eigenvalue weighted by Gasteiger charge is 2.13. The van der Waals surface area contributed by atoms with E-state index in [1.807, 2.05) is 66.9 Å². The van der Waals surface area contributed by atoms with Gasteiger partial charge < -0.3 is 15.0 Å². The number of amides is 1. The smallest absolute Gasteiger partial charge is 0.271 e. The summed E-state index contributed by atoms with van der Waals surface area (Å²) in [6, 6.07) is 23.8. The van der Waals surface area contributed by atoms with Gasteiger partial charge in [0.2, 0.25) is 0 Å². The molecule has 5 aromatic rings. The number of nitrogens with one attached hydrogen (secondary N) is 2. The molecule has 5 rings (SSSR count). The van der Waals surface area contributed by atoms with Crippen LogP contribution in [0.2, 0.25) is 0 Å². The first kappa shape index (κ1) is 20.5. The van der Waals surface area contributed by atoms with Crippen LogP contribution in [0.1, 0.15) is 16.1 Å². The van der Waals surface area contributed by atoms with Crippen LogP contribution in [0.4, 0.5) is 0 Å². The van der Waals surface area contributed by atoms with E-state index in [-0.39, 0.29) is 5.91 Å². The van der Waals surface area contributed by atoms with Crippen LogP contribution in [0.5, 0.6) is 5.75 Å². The maximum absolute atomic E-state index is 12.7. The number of ether oxygens (including phenoxy) is 1. The number of aromatic amines is 1. The van der Waals surface area contributed by atoms with Crippen molar-refractivity contribution in [3.05, 3.63) is 103 Å². The van der Waals surface area contributed by atoms with Crippen LogP contribution in [0.25, 0.3) is 33.3 Å². The van der Waals surface area contributed by atoms with Gasteiger partial charge in [-0.1, -0.05) is 54.6 Å². The second kappa shape index (κ2) is 8.96. The average Bonchev–Trinajstić information content (AvgIpc) is 3.38. The third-order valence-corrected chi connectivity index (χ3v) is 5.59. The number of hydrogen-bond donors (Lipinski definition) is 2. The molecular formula is C27H22N4O2. The van der Waals surface area contributed by atoms with Crippen molar-refractivity contribution in [2.45, 2.75) is 6.54 Å². The molecule has 3 aromatic carbocycles. The lowest BCUT2D eigenvalue weighted by atomic mass is 9.96. The molecule has 0 spiro atoms. The minimum Gasteiger partial charge on any atom is -0.497 e. The van der Waals surface area contributed by atoms with Crippen molar-refractivity contribution in [3.63, 3.8) is 0 Å². The summed E-state index contributed by atoms with van der Waals surface area (Å²) in [4.78, 5) is 24.6. The molecule has 0 unspecified atom stereocenters. The summed E-state index contributed by atoms with van der Waals surface area (Å²) in [5.74, 6) is 1.24. The summed E-state index contributed by atoms with van der Waals surface area (Å²) < 4.78 is 5.38. The maximum Gasteiger partial charge on any atom is 0.271 e. The van der Waals surface area contributed by atoms with Gasteiger partial charge in [0.25, 0.3) is 5.91 Å². The molecule has 2 aromatic heterocycles. The quantitative estimate of drug-likeness (QED) is 0.383. The molecule has 0 radical (unpaired) electrons. The predicted octanol–water partition coefficient (Wildman–Crippen LogP) is 5.23. The highest BCUT2D eigenvalue weighted by atomic mass is 16.5. The fourth-order valence-corrected chi connectivity index (χ4v) is 3.89. The molecule has 1 amide bonds. The fourth-order valence-electron chi connectivity index (χ4n) is 3.89.